The second-order valence-corrected chi connectivity index (χ2v) is 9.39. The number of halogens is 2. The third kappa shape index (κ3) is 5.50. The second-order valence-electron chi connectivity index (χ2n) is 7.69. The lowest BCUT2D eigenvalue weighted by atomic mass is 9.87. The maximum atomic E-state index is 12.5. The van der Waals surface area contributed by atoms with Crippen molar-refractivity contribution >= 4 is 45.6 Å². The van der Waals surface area contributed by atoms with Gasteiger partial charge in [0.1, 0.15) is 5.75 Å². The molecule has 3 aromatic rings. The molecule has 1 amide bonds. The van der Waals surface area contributed by atoms with Gasteiger partial charge >= 0.3 is 0 Å². The van der Waals surface area contributed by atoms with Crippen molar-refractivity contribution in [1.29, 1.82) is 0 Å². The Labute approximate surface area is 184 Å². The molecule has 1 atom stereocenters. The Hall–Kier alpha value is -2.08. The number of hydrogen-bond donors (Lipinski definition) is 1. The van der Waals surface area contributed by atoms with E-state index in [-0.39, 0.29) is 11.3 Å². The van der Waals surface area contributed by atoms with Gasteiger partial charge in [-0.25, -0.2) is 4.98 Å². The minimum absolute atomic E-state index is 0.0665. The first-order valence-corrected chi connectivity index (χ1v) is 10.8. The van der Waals surface area contributed by atoms with Crippen LogP contribution in [0.1, 0.15) is 33.3 Å². The molecule has 4 nitrogen and oxygen atoms in total. The van der Waals surface area contributed by atoms with Crippen LogP contribution < -0.4 is 10.1 Å². The Morgan fingerprint density at radius 3 is 2.45 bits per heavy atom. The number of nitrogens with zero attached hydrogens (tertiary/aromatic N) is 1. The molecular weight excluding hydrogens is 427 g/mol. The van der Waals surface area contributed by atoms with Gasteiger partial charge in [0.05, 0.1) is 10.7 Å². The summed E-state index contributed by atoms with van der Waals surface area (Å²) in [4.78, 5) is 16.9. The Kier molecular flexibility index (Phi) is 6.52. The summed E-state index contributed by atoms with van der Waals surface area (Å²) in [5, 5.41) is 6.18. The molecule has 1 heterocycles. The highest BCUT2D eigenvalue weighted by Gasteiger charge is 2.18. The first-order valence-electron chi connectivity index (χ1n) is 9.12. The van der Waals surface area contributed by atoms with Gasteiger partial charge in [-0.2, -0.15) is 0 Å². The molecule has 0 fully saturated rings. The van der Waals surface area contributed by atoms with Gasteiger partial charge in [-0.1, -0.05) is 56.1 Å². The smallest absolute Gasteiger partial charge is 0.266 e. The molecule has 3 rings (SSSR count). The van der Waals surface area contributed by atoms with E-state index in [4.69, 9.17) is 27.9 Å². The highest BCUT2D eigenvalue weighted by atomic mass is 35.5. The Bertz CT molecular complexity index is 1010. The average Bonchev–Trinajstić information content (AvgIpc) is 3.09. The molecule has 152 valence electrons. The summed E-state index contributed by atoms with van der Waals surface area (Å²) in [6, 6.07) is 13.0. The molecule has 0 aliphatic carbocycles. The summed E-state index contributed by atoms with van der Waals surface area (Å²) in [5.41, 5.74) is 2.71. The molecule has 0 aliphatic rings. The molecule has 2 aromatic carbocycles. The van der Waals surface area contributed by atoms with Crippen LogP contribution in [-0.4, -0.2) is 17.0 Å². The maximum Gasteiger partial charge on any atom is 0.266 e. The Balaban J connectivity index is 1.63. The van der Waals surface area contributed by atoms with Gasteiger partial charge in [-0.3, -0.25) is 10.1 Å². The predicted octanol–water partition coefficient (Wildman–Crippen LogP) is 6.82. The van der Waals surface area contributed by atoms with E-state index in [1.807, 2.05) is 29.6 Å². The summed E-state index contributed by atoms with van der Waals surface area (Å²) in [6.07, 6.45) is -0.665. The first-order chi connectivity index (χ1) is 13.6. The summed E-state index contributed by atoms with van der Waals surface area (Å²) >= 11 is 13.5. The molecule has 0 saturated heterocycles. The van der Waals surface area contributed by atoms with Crippen LogP contribution in [-0.2, 0) is 10.2 Å². The average molecular weight is 449 g/mol. The van der Waals surface area contributed by atoms with Crippen LogP contribution in [0.4, 0.5) is 5.13 Å². The molecule has 0 bridgehead atoms. The molecular formula is C22H22Cl2N2O2S. The Morgan fingerprint density at radius 2 is 1.83 bits per heavy atom. The van der Waals surface area contributed by atoms with E-state index in [9.17, 15) is 4.79 Å². The van der Waals surface area contributed by atoms with Gasteiger partial charge in [0, 0.05) is 16.0 Å². The lowest BCUT2D eigenvalue weighted by Crippen LogP contribution is -2.30. The van der Waals surface area contributed by atoms with Crippen molar-refractivity contribution < 1.29 is 9.53 Å². The number of nitrogens with one attached hydrogen (secondary N) is 1. The number of benzene rings is 2. The van der Waals surface area contributed by atoms with Gasteiger partial charge in [0.2, 0.25) is 0 Å². The van der Waals surface area contributed by atoms with Crippen LogP contribution >= 0.6 is 34.5 Å². The third-order valence-electron chi connectivity index (χ3n) is 4.34. The summed E-state index contributed by atoms with van der Waals surface area (Å²) in [6.45, 7) is 8.16. The van der Waals surface area contributed by atoms with Crippen LogP contribution in [0.25, 0.3) is 11.3 Å². The molecule has 0 radical (unpaired) electrons. The maximum absolute atomic E-state index is 12.5. The normalized spacial score (nSPS) is 12.5. The van der Waals surface area contributed by atoms with Crippen LogP contribution in [0.15, 0.2) is 47.8 Å². The fourth-order valence-corrected chi connectivity index (χ4v) is 3.87. The van der Waals surface area contributed by atoms with Crippen molar-refractivity contribution in [2.45, 2.75) is 39.2 Å². The number of aromatic nitrogens is 1. The van der Waals surface area contributed by atoms with Gasteiger partial charge in [-0.15, -0.1) is 11.3 Å². The van der Waals surface area contributed by atoms with Gasteiger partial charge in [0.15, 0.2) is 11.2 Å². The van der Waals surface area contributed by atoms with Gasteiger partial charge < -0.3 is 4.74 Å². The number of amides is 1. The van der Waals surface area contributed by atoms with E-state index in [2.05, 4.69) is 31.1 Å². The molecule has 1 aromatic heterocycles. The minimum Gasteiger partial charge on any atom is -0.481 e. The van der Waals surface area contributed by atoms with Crippen LogP contribution in [0.3, 0.4) is 0 Å². The summed E-state index contributed by atoms with van der Waals surface area (Å²) in [7, 11) is 0. The number of carbonyl (C=O) groups is 1. The standard InChI is InChI=1S/C22H22Cl2N2O2S/c1-13(28-16-8-5-14(6-9-16)22(2,3)4)20(27)26-21-25-19(12-29-21)17-10-7-15(23)11-18(17)24/h5-13H,1-4H3,(H,25,26,27). The van der Waals surface area contributed by atoms with E-state index >= 15 is 0 Å². The van der Waals surface area contributed by atoms with Crippen molar-refractivity contribution in [2.75, 3.05) is 5.32 Å². The van der Waals surface area contributed by atoms with Crippen LogP contribution in [0.2, 0.25) is 10.0 Å². The zero-order chi connectivity index (χ0) is 21.2. The summed E-state index contributed by atoms with van der Waals surface area (Å²) in [5.74, 6) is 0.376. The number of carbonyl (C=O) groups excluding carboxylic acids is 1. The number of anilines is 1. The number of hydrogen-bond acceptors (Lipinski definition) is 4. The highest BCUT2D eigenvalue weighted by molar-refractivity contribution is 7.14. The molecule has 29 heavy (non-hydrogen) atoms. The lowest BCUT2D eigenvalue weighted by molar-refractivity contribution is -0.122. The predicted molar refractivity (Wildman–Crippen MR) is 121 cm³/mol. The SMILES string of the molecule is CC(Oc1ccc(C(C)(C)C)cc1)C(=O)Nc1nc(-c2ccc(Cl)cc2Cl)cs1. The number of ether oxygens (including phenoxy) is 1. The lowest BCUT2D eigenvalue weighted by Gasteiger charge is -2.20. The van der Waals surface area contributed by atoms with E-state index in [0.717, 1.165) is 5.56 Å². The van der Waals surface area contributed by atoms with Crippen molar-refractivity contribution in [3.05, 3.63) is 63.5 Å². The highest BCUT2D eigenvalue weighted by Crippen LogP contribution is 2.32. The van der Waals surface area contributed by atoms with Crippen molar-refractivity contribution in [3.63, 3.8) is 0 Å². The topological polar surface area (TPSA) is 51.2 Å². The first kappa shape index (κ1) is 21.6. The zero-order valence-corrected chi connectivity index (χ0v) is 19.0. The Morgan fingerprint density at radius 1 is 1.14 bits per heavy atom. The molecule has 1 unspecified atom stereocenters. The van der Waals surface area contributed by atoms with Crippen molar-refractivity contribution in [3.8, 4) is 17.0 Å². The largest absolute Gasteiger partial charge is 0.481 e. The molecule has 0 saturated carbocycles. The fourth-order valence-electron chi connectivity index (χ4n) is 2.65. The minimum atomic E-state index is -0.665. The fraction of sp³-hybridized carbons (Fsp3) is 0.273. The quantitative estimate of drug-likeness (QED) is 0.465. The second kappa shape index (κ2) is 8.74. The monoisotopic (exact) mass is 448 g/mol. The van der Waals surface area contributed by atoms with E-state index < -0.39 is 6.10 Å². The zero-order valence-electron chi connectivity index (χ0n) is 16.6. The van der Waals surface area contributed by atoms with Crippen molar-refractivity contribution in [1.82, 2.24) is 4.98 Å². The number of thiazole rings is 1. The summed E-state index contributed by atoms with van der Waals surface area (Å²) < 4.78 is 5.77. The van der Waals surface area contributed by atoms with Crippen LogP contribution in [0, 0.1) is 0 Å². The van der Waals surface area contributed by atoms with E-state index in [1.54, 1.807) is 25.1 Å². The molecule has 0 aliphatic heterocycles. The van der Waals surface area contributed by atoms with Crippen molar-refractivity contribution in [2.24, 2.45) is 0 Å². The van der Waals surface area contributed by atoms with E-state index in [1.165, 1.54) is 16.9 Å². The molecule has 0 spiro atoms. The number of rotatable bonds is 5. The van der Waals surface area contributed by atoms with Gasteiger partial charge in [0.25, 0.3) is 5.91 Å². The van der Waals surface area contributed by atoms with Crippen LogP contribution in [0.5, 0.6) is 5.75 Å². The third-order valence-corrected chi connectivity index (χ3v) is 5.65. The van der Waals surface area contributed by atoms with E-state index in [0.29, 0.717) is 26.6 Å². The molecule has 1 N–H and O–H groups in total. The molecule has 7 heteroatoms. The van der Waals surface area contributed by atoms with Gasteiger partial charge in [-0.05, 0) is 48.2 Å².